The highest BCUT2D eigenvalue weighted by molar-refractivity contribution is 5.79. The first kappa shape index (κ1) is 15.2. The highest BCUT2D eigenvalue weighted by Gasteiger charge is 2.14. The molecule has 1 heterocycles. The predicted molar refractivity (Wildman–Crippen MR) is 89.9 cm³/mol. The number of hydrogen-bond acceptors (Lipinski definition) is 3. The number of hydrogen-bond donors (Lipinski definition) is 0. The lowest BCUT2D eigenvalue weighted by atomic mass is 10.1. The topological polar surface area (TPSA) is 51.0 Å². The molecule has 1 amide bonds. The Labute approximate surface area is 135 Å². The second kappa shape index (κ2) is 7.05. The van der Waals surface area contributed by atoms with E-state index in [2.05, 4.69) is 22.4 Å². The molecule has 0 spiro atoms. The summed E-state index contributed by atoms with van der Waals surface area (Å²) in [6.45, 7) is 3.63. The fraction of sp³-hybridized carbons (Fsp3) is 0.278. The van der Waals surface area contributed by atoms with Gasteiger partial charge in [0.15, 0.2) is 0 Å². The summed E-state index contributed by atoms with van der Waals surface area (Å²) in [7, 11) is 0. The highest BCUT2D eigenvalue weighted by atomic mass is 16.2. The van der Waals surface area contributed by atoms with Crippen LogP contribution in [0.3, 0.4) is 0 Å². The fourth-order valence-corrected chi connectivity index (χ4v) is 2.63. The first-order chi connectivity index (χ1) is 11.3. The van der Waals surface area contributed by atoms with Crippen LogP contribution in [0.5, 0.6) is 0 Å². The number of carbonyl (C=O) groups is 1. The predicted octanol–water partition coefficient (Wildman–Crippen LogP) is 2.52. The van der Waals surface area contributed by atoms with Gasteiger partial charge in [0, 0.05) is 13.1 Å². The van der Waals surface area contributed by atoms with Crippen LogP contribution >= 0.6 is 0 Å². The average molecular weight is 308 g/mol. The van der Waals surface area contributed by atoms with E-state index in [1.807, 2.05) is 54.3 Å². The van der Waals surface area contributed by atoms with Crippen LogP contribution in [0.1, 0.15) is 12.5 Å². The zero-order chi connectivity index (χ0) is 16.1. The van der Waals surface area contributed by atoms with Crippen molar-refractivity contribution in [1.82, 2.24) is 19.9 Å². The maximum absolute atomic E-state index is 12.5. The van der Waals surface area contributed by atoms with Crippen molar-refractivity contribution >= 4 is 16.9 Å². The van der Waals surface area contributed by atoms with E-state index in [4.69, 9.17) is 0 Å². The van der Waals surface area contributed by atoms with Crippen LogP contribution in [0.15, 0.2) is 54.6 Å². The molecule has 2 aromatic carbocycles. The number of para-hydroxylation sites is 1. The largest absolute Gasteiger partial charge is 0.341 e. The molecule has 0 bridgehead atoms. The molecule has 0 saturated heterocycles. The second-order valence-electron chi connectivity index (χ2n) is 5.44. The summed E-state index contributed by atoms with van der Waals surface area (Å²) in [6.07, 6.45) is 0.860. The molecular formula is C18H20N4O. The van der Waals surface area contributed by atoms with Crippen molar-refractivity contribution in [3.8, 4) is 0 Å². The van der Waals surface area contributed by atoms with E-state index in [0.717, 1.165) is 17.5 Å². The van der Waals surface area contributed by atoms with Gasteiger partial charge in [-0.25, -0.2) is 4.68 Å². The monoisotopic (exact) mass is 308 g/mol. The molecule has 118 valence electrons. The number of nitrogens with zero attached hydrogens (tertiary/aromatic N) is 4. The molecule has 3 rings (SSSR count). The van der Waals surface area contributed by atoms with Crippen molar-refractivity contribution in [3.05, 3.63) is 60.2 Å². The molecule has 0 saturated carbocycles. The van der Waals surface area contributed by atoms with Crippen molar-refractivity contribution in [2.45, 2.75) is 19.9 Å². The van der Waals surface area contributed by atoms with Crippen molar-refractivity contribution in [2.24, 2.45) is 0 Å². The van der Waals surface area contributed by atoms with E-state index in [1.165, 1.54) is 5.56 Å². The average Bonchev–Trinajstić information content (AvgIpc) is 2.99. The molecule has 0 atom stereocenters. The lowest BCUT2D eigenvalue weighted by Gasteiger charge is -2.21. The molecule has 3 aromatic rings. The Kier molecular flexibility index (Phi) is 4.66. The van der Waals surface area contributed by atoms with E-state index in [0.29, 0.717) is 13.1 Å². The third-order valence-corrected chi connectivity index (χ3v) is 3.95. The van der Waals surface area contributed by atoms with Crippen molar-refractivity contribution < 1.29 is 4.79 Å². The maximum Gasteiger partial charge on any atom is 0.244 e. The lowest BCUT2D eigenvalue weighted by molar-refractivity contribution is -0.131. The van der Waals surface area contributed by atoms with Gasteiger partial charge in [0.2, 0.25) is 5.91 Å². The zero-order valence-corrected chi connectivity index (χ0v) is 13.2. The first-order valence-electron chi connectivity index (χ1n) is 7.88. The third kappa shape index (κ3) is 3.56. The summed E-state index contributed by atoms with van der Waals surface area (Å²) in [5.41, 5.74) is 2.94. The number of carbonyl (C=O) groups excluding carboxylic acids is 1. The molecule has 5 heteroatoms. The Morgan fingerprint density at radius 3 is 2.61 bits per heavy atom. The molecule has 23 heavy (non-hydrogen) atoms. The number of fused-ring (bicyclic) bond motifs is 1. The lowest BCUT2D eigenvalue weighted by Crippen LogP contribution is -2.35. The van der Waals surface area contributed by atoms with Gasteiger partial charge in [-0.3, -0.25) is 4.79 Å². The molecule has 0 unspecified atom stereocenters. The van der Waals surface area contributed by atoms with Gasteiger partial charge in [0.1, 0.15) is 12.1 Å². The summed E-state index contributed by atoms with van der Waals surface area (Å²) < 4.78 is 1.67. The molecule has 0 aliphatic rings. The van der Waals surface area contributed by atoms with Crippen molar-refractivity contribution in [1.29, 1.82) is 0 Å². The van der Waals surface area contributed by atoms with Gasteiger partial charge < -0.3 is 4.90 Å². The van der Waals surface area contributed by atoms with Crippen LogP contribution in [0.25, 0.3) is 11.0 Å². The SMILES string of the molecule is CCN(CCc1ccccc1)C(=O)Cn1nnc2ccccc21. The van der Waals surface area contributed by atoms with E-state index in [1.54, 1.807) is 4.68 Å². The quantitative estimate of drug-likeness (QED) is 0.703. The van der Waals surface area contributed by atoms with E-state index in [9.17, 15) is 4.79 Å². The molecule has 0 N–H and O–H groups in total. The minimum Gasteiger partial charge on any atom is -0.341 e. The van der Waals surface area contributed by atoms with E-state index >= 15 is 0 Å². The van der Waals surface area contributed by atoms with Gasteiger partial charge in [-0.2, -0.15) is 0 Å². The number of amides is 1. The summed E-state index contributed by atoms with van der Waals surface area (Å²) in [6, 6.07) is 17.9. The van der Waals surface area contributed by atoms with Crippen LogP contribution in [-0.4, -0.2) is 38.9 Å². The molecule has 0 radical (unpaired) electrons. The molecule has 0 aliphatic heterocycles. The second-order valence-corrected chi connectivity index (χ2v) is 5.44. The zero-order valence-electron chi connectivity index (χ0n) is 13.2. The van der Waals surface area contributed by atoms with E-state index < -0.39 is 0 Å². The number of aromatic nitrogens is 3. The summed E-state index contributed by atoms with van der Waals surface area (Å²) in [5.74, 6) is 0.0686. The number of likely N-dealkylation sites (N-methyl/N-ethyl adjacent to an activating group) is 1. The first-order valence-corrected chi connectivity index (χ1v) is 7.88. The van der Waals surface area contributed by atoms with Crippen LogP contribution in [0.2, 0.25) is 0 Å². The Morgan fingerprint density at radius 1 is 1.09 bits per heavy atom. The van der Waals surface area contributed by atoms with Gasteiger partial charge in [0.25, 0.3) is 0 Å². The maximum atomic E-state index is 12.5. The summed E-state index contributed by atoms with van der Waals surface area (Å²) in [5, 5.41) is 8.18. The van der Waals surface area contributed by atoms with Crippen LogP contribution in [0, 0.1) is 0 Å². The van der Waals surface area contributed by atoms with Crippen LogP contribution in [-0.2, 0) is 17.8 Å². The standard InChI is InChI=1S/C18H20N4O/c1-2-21(13-12-15-8-4-3-5-9-15)18(23)14-22-17-11-7-6-10-16(17)19-20-22/h3-11H,2,12-14H2,1H3. The Balaban J connectivity index is 1.65. The Morgan fingerprint density at radius 2 is 1.83 bits per heavy atom. The summed E-state index contributed by atoms with van der Waals surface area (Å²) in [4.78, 5) is 14.4. The molecule has 0 fully saturated rings. The normalized spacial score (nSPS) is 10.8. The smallest absolute Gasteiger partial charge is 0.244 e. The van der Waals surface area contributed by atoms with E-state index in [-0.39, 0.29) is 12.5 Å². The molecule has 1 aromatic heterocycles. The Hall–Kier alpha value is -2.69. The minimum atomic E-state index is 0.0686. The molecule has 5 nitrogen and oxygen atoms in total. The Bertz CT molecular complexity index is 782. The molecular weight excluding hydrogens is 288 g/mol. The fourth-order valence-electron chi connectivity index (χ4n) is 2.63. The van der Waals surface area contributed by atoms with Crippen molar-refractivity contribution in [2.75, 3.05) is 13.1 Å². The van der Waals surface area contributed by atoms with Gasteiger partial charge >= 0.3 is 0 Å². The third-order valence-electron chi connectivity index (χ3n) is 3.95. The number of rotatable bonds is 6. The van der Waals surface area contributed by atoms with Gasteiger partial charge in [-0.05, 0) is 31.0 Å². The van der Waals surface area contributed by atoms with Gasteiger partial charge in [-0.15, -0.1) is 5.10 Å². The minimum absolute atomic E-state index is 0.0686. The van der Waals surface area contributed by atoms with Gasteiger partial charge in [0.05, 0.1) is 5.52 Å². The van der Waals surface area contributed by atoms with Crippen LogP contribution in [0.4, 0.5) is 0 Å². The summed E-state index contributed by atoms with van der Waals surface area (Å²) >= 11 is 0. The van der Waals surface area contributed by atoms with Gasteiger partial charge in [-0.1, -0.05) is 47.7 Å². The number of benzene rings is 2. The van der Waals surface area contributed by atoms with Crippen molar-refractivity contribution in [3.63, 3.8) is 0 Å². The highest BCUT2D eigenvalue weighted by Crippen LogP contribution is 2.10. The molecule has 0 aliphatic carbocycles. The van der Waals surface area contributed by atoms with Crippen LogP contribution < -0.4 is 0 Å².